The van der Waals surface area contributed by atoms with Crippen molar-refractivity contribution in [1.29, 1.82) is 10.7 Å². The fraction of sp³-hybridized carbons (Fsp3) is 0.229. The van der Waals surface area contributed by atoms with E-state index in [0.29, 0.717) is 55.8 Å². The third kappa shape index (κ3) is 11.9. The summed E-state index contributed by atoms with van der Waals surface area (Å²) in [6.07, 6.45) is 7.51. The van der Waals surface area contributed by atoms with Gasteiger partial charge in [-0.25, -0.2) is 0 Å². The average molecular weight is 891 g/mol. The number of carboxylic acids is 1. The topological polar surface area (TPSA) is 200 Å². The fourth-order valence-electron chi connectivity index (χ4n) is 6.77. The summed E-state index contributed by atoms with van der Waals surface area (Å²) in [5, 5.41) is 49.4. The number of hydrogen-bond acceptors (Lipinski definition) is 12. The number of nitrogens with one attached hydrogen (secondary N) is 2. The molecule has 0 amide bonds. The number of pyridine rings is 2. The molecule has 0 aliphatic carbocycles. The number of rotatable bonds is 21. The molecule has 0 bridgehead atoms. The molecule has 6 rings (SSSR count). The smallest absolute Gasteiger partial charge is 0.320 e. The van der Waals surface area contributed by atoms with Crippen molar-refractivity contribution in [2.24, 2.45) is 0 Å². The second kappa shape index (κ2) is 22.0. The van der Waals surface area contributed by atoms with Crippen LogP contribution in [0.4, 0.5) is 0 Å². The summed E-state index contributed by atoms with van der Waals surface area (Å²) >= 11 is 13.4. The predicted octanol–water partition coefficient (Wildman–Crippen LogP) is 8.67. The van der Waals surface area contributed by atoms with Crippen molar-refractivity contribution in [3.05, 3.63) is 163 Å². The Labute approximate surface area is 374 Å². The number of nitrogens with zero attached hydrogens (tertiary/aromatic N) is 3. The van der Waals surface area contributed by atoms with Gasteiger partial charge in [0.15, 0.2) is 0 Å². The maximum Gasteiger partial charge on any atom is 0.320 e. The zero-order chi connectivity index (χ0) is 44.9. The highest BCUT2D eigenvalue weighted by molar-refractivity contribution is 6.32. The van der Waals surface area contributed by atoms with Crippen molar-refractivity contribution >= 4 is 35.4 Å². The van der Waals surface area contributed by atoms with Gasteiger partial charge in [-0.2, -0.15) is 5.26 Å². The molecule has 1 atom stereocenters. The van der Waals surface area contributed by atoms with Crippen LogP contribution in [0.1, 0.15) is 62.1 Å². The molecule has 15 heteroatoms. The van der Waals surface area contributed by atoms with Crippen molar-refractivity contribution < 1.29 is 39.1 Å². The summed E-state index contributed by atoms with van der Waals surface area (Å²) in [6.45, 7) is 4.16. The normalized spacial score (nSPS) is 11.4. The molecular formula is C48H45Cl2N5O8. The maximum atomic E-state index is 11.8. The van der Waals surface area contributed by atoms with Gasteiger partial charge in [-0.05, 0) is 77.9 Å². The number of aliphatic hydroxyl groups excluding tert-OH is 2. The molecule has 5 N–H and O–H groups in total. The molecule has 0 unspecified atom stereocenters. The Hall–Kier alpha value is -6.53. The molecule has 13 nitrogen and oxygen atoms in total. The fourth-order valence-corrected chi connectivity index (χ4v) is 7.25. The van der Waals surface area contributed by atoms with Gasteiger partial charge in [0, 0.05) is 84.1 Å². The molecular weight excluding hydrogens is 845 g/mol. The Morgan fingerprint density at radius 2 is 1.29 bits per heavy atom. The summed E-state index contributed by atoms with van der Waals surface area (Å²) in [5.41, 5.74) is 9.36. The largest absolute Gasteiger partial charge is 0.488 e. The van der Waals surface area contributed by atoms with E-state index in [2.05, 4.69) is 21.4 Å². The molecule has 2 heterocycles. The van der Waals surface area contributed by atoms with Crippen LogP contribution in [0.5, 0.6) is 23.0 Å². The first-order valence-electron chi connectivity index (χ1n) is 19.8. The molecule has 2 aromatic heterocycles. The number of hydrogen-bond donors (Lipinski definition) is 5. The van der Waals surface area contributed by atoms with Gasteiger partial charge in [-0.15, -0.1) is 0 Å². The lowest BCUT2D eigenvalue weighted by atomic mass is 9.92. The van der Waals surface area contributed by atoms with Gasteiger partial charge in [0.1, 0.15) is 61.5 Å². The Balaban J connectivity index is 1.19. The first kappa shape index (κ1) is 46.0. The number of carbonyl (C=O) groups is 1. The summed E-state index contributed by atoms with van der Waals surface area (Å²) < 4.78 is 24.8. The van der Waals surface area contributed by atoms with Crippen LogP contribution in [0.3, 0.4) is 0 Å². The standard InChI is InChI=1S/C48H45Cl2N5O8/c1-29-35(27-62-46-15-44(60-25-33-11-31(17-51)19-53-21-33)37(13-41(46)49)23-55-43(9-10-56)48(58)59)5-3-7-39(29)40-8-4-6-36(30(40)2)28-63-47-16-45(38(24-57)14-42(47)50)61-26-34-12-32(18-52)20-54-22-34/h3-8,11-16,18-22,43,52,55-57H,9-10,23-28H2,1-2H3,(H,58,59)/t43-/m0/s1. The summed E-state index contributed by atoms with van der Waals surface area (Å²) in [5.74, 6) is 0.437. The van der Waals surface area contributed by atoms with Crippen molar-refractivity contribution in [3.8, 4) is 40.2 Å². The first-order valence-corrected chi connectivity index (χ1v) is 20.6. The minimum Gasteiger partial charge on any atom is -0.488 e. The van der Waals surface area contributed by atoms with Crippen LogP contribution in [0, 0.1) is 30.6 Å². The SMILES string of the molecule is Cc1c(COc2cc(OCc3cncc(C=N)c3)c(CO)cc2Cl)cccc1-c1cccc(COc2cc(OCc3cncc(C#N)c3)c(CN[C@@H](CCO)C(=O)O)cc2Cl)c1C. The number of nitriles is 1. The van der Waals surface area contributed by atoms with Crippen LogP contribution >= 0.6 is 23.2 Å². The van der Waals surface area contributed by atoms with E-state index >= 15 is 0 Å². The minimum absolute atomic E-state index is 0.0127. The highest BCUT2D eigenvalue weighted by Gasteiger charge is 2.20. The van der Waals surface area contributed by atoms with Crippen LogP contribution in [-0.4, -0.2) is 50.1 Å². The van der Waals surface area contributed by atoms with E-state index in [1.807, 2.05) is 50.2 Å². The third-order valence-corrected chi connectivity index (χ3v) is 10.9. The van der Waals surface area contributed by atoms with E-state index in [9.17, 15) is 25.4 Å². The Morgan fingerprint density at radius 1 is 0.746 bits per heavy atom. The number of benzene rings is 4. The molecule has 0 spiro atoms. The molecule has 0 radical (unpaired) electrons. The molecule has 0 aliphatic rings. The number of halogens is 2. The Bertz CT molecular complexity index is 2640. The summed E-state index contributed by atoms with van der Waals surface area (Å²) in [7, 11) is 0. The molecule has 6 aromatic rings. The number of aromatic nitrogens is 2. The van der Waals surface area contributed by atoms with Gasteiger partial charge in [0.05, 0.1) is 22.2 Å². The van der Waals surface area contributed by atoms with Gasteiger partial charge in [-0.3, -0.25) is 14.8 Å². The highest BCUT2D eigenvalue weighted by Crippen LogP contribution is 2.37. The summed E-state index contributed by atoms with van der Waals surface area (Å²) in [6, 6.07) is 23.1. The van der Waals surface area contributed by atoms with Crippen LogP contribution < -0.4 is 24.3 Å². The molecule has 0 fully saturated rings. The van der Waals surface area contributed by atoms with Gasteiger partial charge in [-0.1, -0.05) is 59.6 Å². The van der Waals surface area contributed by atoms with E-state index in [-0.39, 0.29) is 57.6 Å². The van der Waals surface area contributed by atoms with Gasteiger partial charge in [0.2, 0.25) is 0 Å². The second-order valence-electron chi connectivity index (χ2n) is 14.5. The highest BCUT2D eigenvalue weighted by atomic mass is 35.5. The van der Waals surface area contributed by atoms with Crippen molar-refractivity contribution in [3.63, 3.8) is 0 Å². The lowest BCUT2D eigenvalue weighted by Gasteiger charge is -2.19. The van der Waals surface area contributed by atoms with E-state index in [1.54, 1.807) is 55.0 Å². The molecule has 63 heavy (non-hydrogen) atoms. The molecule has 4 aromatic carbocycles. The zero-order valence-corrected chi connectivity index (χ0v) is 36.0. The van der Waals surface area contributed by atoms with E-state index < -0.39 is 12.0 Å². The number of aliphatic carboxylic acids is 1. The molecule has 0 saturated carbocycles. The zero-order valence-electron chi connectivity index (χ0n) is 34.5. The lowest BCUT2D eigenvalue weighted by molar-refractivity contribution is -0.140. The predicted molar refractivity (Wildman–Crippen MR) is 239 cm³/mol. The second-order valence-corrected chi connectivity index (χ2v) is 15.3. The van der Waals surface area contributed by atoms with Crippen LogP contribution in [0.25, 0.3) is 11.1 Å². The van der Waals surface area contributed by atoms with Crippen LogP contribution in [-0.2, 0) is 44.4 Å². The third-order valence-electron chi connectivity index (χ3n) is 10.3. The molecule has 324 valence electrons. The average Bonchev–Trinajstić information content (AvgIpc) is 3.29. The first-order chi connectivity index (χ1) is 30.5. The number of carboxylic acid groups (broad SMARTS) is 1. The summed E-state index contributed by atoms with van der Waals surface area (Å²) in [4.78, 5) is 20.0. The van der Waals surface area contributed by atoms with E-state index in [1.165, 1.54) is 12.4 Å². The number of ether oxygens (including phenoxy) is 4. The maximum absolute atomic E-state index is 11.8. The Kier molecular flexibility index (Phi) is 16.1. The van der Waals surface area contributed by atoms with Crippen molar-refractivity contribution in [1.82, 2.24) is 15.3 Å². The molecule has 0 aliphatic heterocycles. The quantitative estimate of drug-likeness (QED) is 0.0432. The van der Waals surface area contributed by atoms with Crippen LogP contribution in [0.2, 0.25) is 10.0 Å². The van der Waals surface area contributed by atoms with E-state index in [0.717, 1.165) is 38.9 Å². The monoisotopic (exact) mass is 889 g/mol. The van der Waals surface area contributed by atoms with Gasteiger partial charge in [0.25, 0.3) is 0 Å². The van der Waals surface area contributed by atoms with Crippen molar-refractivity contribution in [2.75, 3.05) is 6.61 Å². The van der Waals surface area contributed by atoms with E-state index in [4.69, 9.17) is 47.6 Å². The van der Waals surface area contributed by atoms with Crippen LogP contribution in [0.15, 0.2) is 97.6 Å². The Morgan fingerprint density at radius 3 is 1.83 bits per heavy atom. The lowest BCUT2D eigenvalue weighted by Crippen LogP contribution is -2.37. The van der Waals surface area contributed by atoms with Gasteiger partial charge < -0.3 is 45.0 Å². The number of aliphatic hydroxyl groups is 2. The minimum atomic E-state index is -1.10. The molecule has 0 saturated heterocycles. The van der Waals surface area contributed by atoms with Crippen molar-refractivity contribution in [2.45, 2.75) is 65.9 Å². The van der Waals surface area contributed by atoms with Gasteiger partial charge >= 0.3 is 5.97 Å².